The maximum absolute atomic E-state index is 14.2. The highest BCUT2D eigenvalue weighted by atomic mass is 19.2. The van der Waals surface area contributed by atoms with Crippen LogP contribution in [0.5, 0.6) is 0 Å². The number of nitrogens with zero attached hydrogens (tertiary/aromatic N) is 3. The van der Waals surface area contributed by atoms with Crippen molar-refractivity contribution in [2.24, 2.45) is 0 Å². The Balaban J connectivity index is 1.35. The molecule has 3 aromatic heterocycles. The van der Waals surface area contributed by atoms with E-state index in [4.69, 9.17) is 0 Å². The van der Waals surface area contributed by atoms with Gasteiger partial charge in [-0.2, -0.15) is 0 Å². The third-order valence-corrected chi connectivity index (χ3v) is 7.06. The topological polar surface area (TPSA) is 124 Å². The molecule has 0 spiro atoms. The summed E-state index contributed by atoms with van der Waals surface area (Å²) in [6.45, 7) is 1.52. The van der Waals surface area contributed by atoms with Gasteiger partial charge in [0.05, 0.1) is 28.6 Å². The number of aldehydes is 1. The van der Waals surface area contributed by atoms with Crippen LogP contribution in [0.25, 0.3) is 22.4 Å². The fourth-order valence-corrected chi connectivity index (χ4v) is 5.18. The highest BCUT2D eigenvalue weighted by Gasteiger charge is 2.38. The minimum absolute atomic E-state index is 0.0438. The molecule has 13 heteroatoms. The van der Waals surface area contributed by atoms with Crippen LogP contribution in [0.15, 0.2) is 59.8 Å². The first kappa shape index (κ1) is 26.9. The van der Waals surface area contributed by atoms with E-state index in [9.17, 15) is 31.9 Å². The smallest absolute Gasteiger partial charge is 0.261 e. The third kappa shape index (κ3) is 4.39. The van der Waals surface area contributed by atoms with Gasteiger partial charge >= 0.3 is 0 Å². The minimum atomic E-state index is -1.51. The van der Waals surface area contributed by atoms with Crippen molar-refractivity contribution in [1.29, 1.82) is 0 Å². The van der Waals surface area contributed by atoms with Crippen LogP contribution in [-0.2, 0) is 11.2 Å². The zero-order valence-corrected chi connectivity index (χ0v) is 21.7. The number of hydrogen-bond acceptors (Lipinski definition) is 6. The largest absolute Gasteiger partial charge is 0.381 e. The van der Waals surface area contributed by atoms with E-state index in [1.165, 1.54) is 36.4 Å². The lowest BCUT2D eigenvalue weighted by Crippen LogP contribution is -2.28. The van der Waals surface area contributed by atoms with Crippen LogP contribution in [0.1, 0.15) is 34.5 Å². The number of nitrogens with one attached hydrogen (secondary N) is 3. The summed E-state index contributed by atoms with van der Waals surface area (Å²) in [5.74, 6) is -6.32. The summed E-state index contributed by atoms with van der Waals surface area (Å²) in [7, 11) is 0. The number of H-pyrrole nitrogens is 2. The number of anilines is 2. The molecular formula is C29H20F4N6O3. The van der Waals surface area contributed by atoms with Gasteiger partial charge in [0, 0.05) is 35.6 Å². The normalized spacial score (nSPS) is 15.2. The van der Waals surface area contributed by atoms with E-state index < -0.39 is 58.8 Å². The first-order chi connectivity index (χ1) is 20.2. The van der Waals surface area contributed by atoms with E-state index in [0.717, 1.165) is 0 Å². The van der Waals surface area contributed by atoms with Crippen LogP contribution in [0.4, 0.5) is 28.9 Å². The molecule has 3 N–H and O–H groups in total. The summed E-state index contributed by atoms with van der Waals surface area (Å²) in [4.78, 5) is 53.7. The Labute approximate surface area is 234 Å². The number of benzene rings is 2. The minimum Gasteiger partial charge on any atom is -0.381 e. The van der Waals surface area contributed by atoms with Crippen molar-refractivity contribution in [2.75, 3.05) is 10.2 Å². The number of amides is 1. The predicted octanol–water partition coefficient (Wildman–Crippen LogP) is 4.81. The van der Waals surface area contributed by atoms with Crippen molar-refractivity contribution in [3.05, 3.63) is 105 Å². The van der Waals surface area contributed by atoms with Gasteiger partial charge in [0.1, 0.15) is 23.7 Å². The van der Waals surface area contributed by atoms with Gasteiger partial charge < -0.3 is 20.1 Å². The van der Waals surface area contributed by atoms with Crippen LogP contribution in [0.3, 0.4) is 0 Å². The Morgan fingerprint density at radius 2 is 1.86 bits per heavy atom. The van der Waals surface area contributed by atoms with E-state index >= 15 is 0 Å². The molecule has 2 aromatic carbocycles. The molecule has 0 aliphatic carbocycles. The van der Waals surface area contributed by atoms with Gasteiger partial charge in [-0.25, -0.2) is 22.5 Å². The number of imidazole rings is 1. The molecule has 0 bridgehead atoms. The average Bonchev–Trinajstić information content (AvgIpc) is 3.50. The molecule has 42 heavy (non-hydrogen) atoms. The van der Waals surface area contributed by atoms with E-state index in [2.05, 4.69) is 25.3 Å². The number of carbonyl (C=O) groups excluding carboxylic acids is 2. The van der Waals surface area contributed by atoms with Crippen LogP contribution < -0.4 is 15.8 Å². The summed E-state index contributed by atoms with van der Waals surface area (Å²) < 4.78 is 55.9. The fourth-order valence-electron chi connectivity index (χ4n) is 5.18. The summed E-state index contributed by atoms with van der Waals surface area (Å²) in [6, 6.07) is 6.41. The van der Waals surface area contributed by atoms with Crippen LogP contribution in [0, 0.1) is 23.3 Å². The zero-order chi connectivity index (χ0) is 29.7. The maximum Gasteiger partial charge on any atom is 0.261 e. The van der Waals surface area contributed by atoms with Crippen molar-refractivity contribution in [3.8, 4) is 11.4 Å². The molecule has 0 saturated carbocycles. The molecule has 212 valence electrons. The summed E-state index contributed by atoms with van der Waals surface area (Å²) in [5.41, 5.74) is 0.888. The molecule has 0 radical (unpaired) electrons. The Morgan fingerprint density at radius 1 is 1.10 bits per heavy atom. The van der Waals surface area contributed by atoms with Crippen LogP contribution in [0.2, 0.25) is 0 Å². The van der Waals surface area contributed by atoms with Gasteiger partial charge in [-0.3, -0.25) is 19.5 Å². The molecule has 9 nitrogen and oxygen atoms in total. The van der Waals surface area contributed by atoms with Crippen molar-refractivity contribution >= 4 is 34.6 Å². The van der Waals surface area contributed by atoms with Crippen molar-refractivity contribution < 1.29 is 27.2 Å². The number of hydrogen-bond donors (Lipinski definition) is 3. The standard InChI is InChI=1S/C29H20F4N6O3/c1-13(7-17-25(32)18(30)10-19(31)26(17)33)36-20-4-6-35-28(41)24(20)27-37-21-8-15-16(9-22(21)38-27)29(42)39(23(15)12-40)14-3-2-5-34-11-14/h2-6,8-13,23H,7H2,1H3,(H,37,38)(H2,35,36,41). The van der Waals surface area contributed by atoms with Crippen molar-refractivity contribution in [1.82, 2.24) is 19.9 Å². The Hall–Kier alpha value is -5.33. The average molecular weight is 577 g/mol. The lowest BCUT2D eigenvalue weighted by molar-refractivity contribution is -0.108. The molecule has 1 aliphatic rings. The summed E-state index contributed by atoms with van der Waals surface area (Å²) >= 11 is 0. The third-order valence-electron chi connectivity index (χ3n) is 7.06. The van der Waals surface area contributed by atoms with Gasteiger partial charge in [-0.15, -0.1) is 0 Å². The zero-order valence-electron chi connectivity index (χ0n) is 21.7. The SMILES string of the molecule is CC(Cc1c(F)c(F)cc(F)c1F)Nc1cc[nH]c(=O)c1-c1nc2cc3c(cc2[nH]1)C(C=O)N(c1cccnc1)C3=O. The molecule has 0 saturated heterocycles. The van der Waals surface area contributed by atoms with Crippen molar-refractivity contribution in [3.63, 3.8) is 0 Å². The molecule has 2 unspecified atom stereocenters. The monoisotopic (exact) mass is 576 g/mol. The number of aromatic nitrogens is 4. The van der Waals surface area contributed by atoms with Gasteiger partial charge in [0.2, 0.25) is 0 Å². The second-order valence-corrected chi connectivity index (χ2v) is 9.80. The summed E-state index contributed by atoms with van der Waals surface area (Å²) in [5, 5.41) is 2.96. The number of rotatable bonds is 7. The van der Waals surface area contributed by atoms with Gasteiger partial charge in [-0.05, 0) is 49.2 Å². The molecule has 6 rings (SSSR count). The highest BCUT2D eigenvalue weighted by molar-refractivity contribution is 6.15. The van der Waals surface area contributed by atoms with Crippen LogP contribution in [-0.4, -0.2) is 38.2 Å². The molecule has 4 heterocycles. The molecular weight excluding hydrogens is 556 g/mol. The second kappa shape index (κ2) is 10.3. The Morgan fingerprint density at radius 3 is 2.55 bits per heavy atom. The summed E-state index contributed by atoms with van der Waals surface area (Å²) in [6.07, 6.45) is 4.60. The molecule has 0 fully saturated rings. The van der Waals surface area contributed by atoms with E-state index in [1.807, 2.05) is 0 Å². The lowest BCUT2D eigenvalue weighted by atomic mass is 10.0. The van der Waals surface area contributed by atoms with Crippen LogP contribution >= 0.6 is 0 Å². The quantitative estimate of drug-likeness (QED) is 0.145. The number of fused-ring (bicyclic) bond motifs is 2. The maximum atomic E-state index is 14.2. The first-order valence-electron chi connectivity index (χ1n) is 12.7. The van der Waals surface area contributed by atoms with Crippen molar-refractivity contribution in [2.45, 2.75) is 25.4 Å². The molecule has 2 atom stereocenters. The van der Waals surface area contributed by atoms with E-state index in [-0.39, 0.29) is 28.7 Å². The van der Waals surface area contributed by atoms with Gasteiger partial charge in [-0.1, -0.05) is 0 Å². The van der Waals surface area contributed by atoms with Gasteiger partial charge in [0.15, 0.2) is 23.3 Å². The molecule has 1 aliphatic heterocycles. The first-order valence-corrected chi connectivity index (χ1v) is 12.7. The highest BCUT2D eigenvalue weighted by Crippen LogP contribution is 2.38. The Kier molecular flexibility index (Phi) is 6.56. The second-order valence-electron chi connectivity index (χ2n) is 9.80. The Bertz CT molecular complexity index is 1920. The van der Waals surface area contributed by atoms with E-state index in [0.29, 0.717) is 28.6 Å². The number of carbonyl (C=O) groups is 2. The molecule has 1 amide bonds. The number of halogens is 4. The predicted molar refractivity (Wildman–Crippen MR) is 145 cm³/mol. The van der Waals surface area contributed by atoms with Gasteiger partial charge in [0.25, 0.3) is 11.5 Å². The number of aromatic amines is 2. The lowest BCUT2D eigenvalue weighted by Gasteiger charge is -2.20. The van der Waals surface area contributed by atoms with E-state index in [1.54, 1.807) is 24.4 Å². The molecule has 5 aromatic rings. The fraction of sp³-hybridized carbons (Fsp3) is 0.138. The number of pyridine rings is 2.